The Hall–Kier alpha value is -1.14. The zero-order valence-electron chi connectivity index (χ0n) is 11.7. The summed E-state index contributed by atoms with van der Waals surface area (Å²) in [5.74, 6) is -0.0576. The van der Waals surface area contributed by atoms with Crippen molar-refractivity contribution in [3.05, 3.63) is 0 Å². The average Bonchev–Trinajstić information content (AvgIpc) is 2.87. The minimum absolute atomic E-state index is 0.0220. The van der Waals surface area contributed by atoms with Gasteiger partial charge in [-0.2, -0.15) is 0 Å². The third kappa shape index (κ3) is 3.25. The SMILES string of the molecule is CC(NC(=O)C1(C)CCNC1)C(=O)N1CCOCC1. The van der Waals surface area contributed by atoms with E-state index in [1.807, 2.05) is 6.92 Å². The molecule has 2 aliphatic rings. The Labute approximate surface area is 113 Å². The third-order valence-corrected chi connectivity index (χ3v) is 3.96. The van der Waals surface area contributed by atoms with Gasteiger partial charge in [-0.3, -0.25) is 9.59 Å². The average molecular weight is 269 g/mol. The van der Waals surface area contributed by atoms with E-state index in [0.717, 1.165) is 13.0 Å². The summed E-state index contributed by atoms with van der Waals surface area (Å²) in [7, 11) is 0. The smallest absolute Gasteiger partial charge is 0.245 e. The lowest BCUT2D eigenvalue weighted by atomic mass is 9.88. The van der Waals surface area contributed by atoms with Gasteiger partial charge in [0.2, 0.25) is 11.8 Å². The first-order chi connectivity index (χ1) is 9.03. The Kier molecular flexibility index (Phi) is 4.42. The highest BCUT2D eigenvalue weighted by Crippen LogP contribution is 2.24. The lowest BCUT2D eigenvalue weighted by Crippen LogP contribution is -2.53. The van der Waals surface area contributed by atoms with E-state index in [9.17, 15) is 9.59 Å². The molecule has 2 fully saturated rings. The molecule has 0 aromatic heterocycles. The van der Waals surface area contributed by atoms with E-state index in [2.05, 4.69) is 10.6 Å². The first-order valence-electron chi connectivity index (χ1n) is 6.91. The molecule has 6 heteroatoms. The maximum absolute atomic E-state index is 12.2. The molecule has 2 heterocycles. The predicted molar refractivity (Wildman–Crippen MR) is 70.6 cm³/mol. The Morgan fingerprint density at radius 3 is 2.63 bits per heavy atom. The van der Waals surface area contributed by atoms with Crippen molar-refractivity contribution < 1.29 is 14.3 Å². The minimum Gasteiger partial charge on any atom is -0.378 e. The fraction of sp³-hybridized carbons (Fsp3) is 0.846. The van der Waals surface area contributed by atoms with Gasteiger partial charge in [0.15, 0.2) is 0 Å². The number of hydrogen-bond donors (Lipinski definition) is 2. The Morgan fingerprint density at radius 1 is 1.37 bits per heavy atom. The number of carbonyl (C=O) groups excluding carboxylic acids is 2. The number of nitrogens with one attached hydrogen (secondary N) is 2. The van der Waals surface area contributed by atoms with E-state index < -0.39 is 6.04 Å². The molecule has 2 rings (SSSR count). The number of amides is 2. The molecular weight excluding hydrogens is 246 g/mol. The number of hydrogen-bond acceptors (Lipinski definition) is 4. The molecule has 0 saturated carbocycles. The minimum atomic E-state index is -0.469. The fourth-order valence-electron chi connectivity index (χ4n) is 2.50. The van der Waals surface area contributed by atoms with Crippen LogP contribution < -0.4 is 10.6 Å². The summed E-state index contributed by atoms with van der Waals surface area (Å²) in [4.78, 5) is 26.2. The quantitative estimate of drug-likeness (QED) is 0.714. The maximum Gasteiger partial charge on any atom is 0.245 e. The monoisotopic (exact) mass is 269 g/mol. The van der Waals surface area contributed by atoms with Gasteiger partial charge in [-0.25, -0.2) is 0 Å². The second-order valence-electron chi connectivity index (χ2n) is 5.62. The molecule has 0 aromatic carbocycles. The summed E-state index contributed by atoms with van der Waals surface area (Å²) in [5.41, 5.74) is -0.389. The van der Waals surface area contributed by atoms with Crippen LogP contribution >= 0.6 is 0 Å². The molecular formula is C13H23N3O3. The standard InChI is InChI=1S/C13H23N3O3/c1-10(11(17)16-5-7-19-8-6-16)15-12(18)13(2)3-4-14-9-13/h10,14H,3-9H2,1-2H3,(H,15,18). The fourth-order valence-corrected chi connectivity index (χ4v) is 2.50. The Balaban J connectivity index is 1.87. The second kappa shape index (κ2) is 5.88. The van der Waals surface area contributed by atoms with E-state index in [1.54, 1.807) is 11.8 Å². The summed E-state index contributed by atoms with van der Waals surface area (Å²) >= 11 is 0. The molecule has 0 aromatic rings. The van der Waals surface area contributed by atoms with Crippen LogP contribution in [0.5, 0.6) is 0 Å². The van der Waals surface area contributed by atoms with Gasteiger partial charge in [0, 0.05) is 19.6 Å². The molecule has 6 nitrogen and oxygen atoms in total. The predicted octanol–water partition coefficient (Wildman–Crippen LogP) is -0.650. The van der Waals surface area contributed by atoms with Crippen LogP contribution in [0.15, 0.2) is 0 Å². The highest BCUT2D eigenvalue weighted by molar-refractivity contribution is 5.90. The van der Waals surface area contributed by atoms with Crippen molar-refractivity contribution in [1.82, 2.24) is 15.5 Å². The van der Waals surface area contributed by atoms with Crippen LogP contribution in [0.1, 0.15) is 20.3 Å². The molecule has 2 atom stereocenters. The zero-order chi connectivity index (χ0) is 13.9. The first kappa shape index (κ1) is 14.3. The lowest BCUT2D eigenvalue weighted by Gasteiger charge is -2.31. The van der Waals surface area contributed by atoms with Crippen molar-refractivity contribution in [1.29, 1.82) is 0 Å². The van der Waals surface area contributed by atoms with E-state index in [0.29, 0.717) is 32.8 Å². The Bertz CT molecular complexity index is 347. The van der Waals surface area contributed by atoms with Gasteiger partial charge in [-0.15, -0.1) is 0 Å². The molecule has 2 N–H and O–H groups in total. The molecule has 2 unspecified atom stereocenters. The van der Waals surface area contributed by atoms with Crippen LogP contribution in [0, 0.1) is 5.41 Å². The van der Waals surface area contributed by atoms with Crippen molar-refractivity contribution in [2.45, 2.75) is 26.3 Å². The number of carbonyl (C=O) groups is 2. The van der Waals surface area contributed by atoms with Gasteiger partial charge in [-0.05, 0) is 26.8 Å². The molecule has 0 aliphatic carbocycles. The number of nitrogens with zero attached hydrogens (tertiary/aromatic N) is 1. The van der Waals surface area contributed by atoms with Crippen LogP contribution in [0.25, 0.3) is 0 Å². The molecule has 19 heavy (non-hydrogen) atoms. The molecule has 2 aliphatic heterocycles. The number of ether oxygens (including phenoxy) is 1. The Morgan fingerprint density at radius 2 is 2.05 bits per heavy atom. The van der Waals surface area contributed by atoms with Crippen molar-refractivity contribution in [2.24, 2.45) is 5.41 Å². The highest BCUT2D eigenvalue weighted by Gasteiger charge is 2.37. The van der Waals surface area contributed by atoms with E-state index in [4.69, 9.17) is 4.74 Å². The van der Waals surface area contributed by atoms with Crippen LogP contribution in [-0.2, 0) is 14.3 Å². The van der Waals surface area contributed by atoms with Crippen LogP contribution in [0.2, 0.25) is 0 Å². The van der Waals surface area contributed by atoms with E-state index in [1.165, 1.54) is 0 Å². The molecule has 2 saturated heterocycles. The molecule has 108 valence electrons. The van der Waals surface area contributed by atoms with E-state index in [-0.39, 0.29) is 17.2 Å². The largest absolute Gasteiger partial charge is 0.378 e. The van der Waals surface area contributed by atoms with Crippen molar-refractivity contribution in [2.75, 3.05) is 39.4 Å². The summed E-state index contributed by atoms with van der Waals surface area (Å²) in [6.45, 7) is 7.60. The van der Waals surface area contributed by atoms with Gasteiger partial charge in [0.1, 0.15) is 6.04 Å². The topological polar surface area (TPSA) is 70.7 Å². The van der Waals surface area contributed by atoms with Gasteiger partial charge in [0.25, 0.3) is 0 Å². The van der Waals surface area contributed by atoms with Crippen molar-refractivity contribution >= 4 is 11.8 Å². The van der Waals surface area contributed by atoms with Gasteiger partial charge in [-0.1, -0.05) is 0 Å². The first-order valence-corrected chi connectivity index (χ1v) is 6.91. The third-order valence-electron chi connectivity index (χ3n) is 3.96. The molecule has 2 amide bonds. The number of rotatable bonds is 3. The normalized spacial score (nSPS) is 29.1. The maximum atomic E-state index is 12.2. The highest BCUT2D eigenvalue weighted by atomic mass is 16.5. The van der Waals surface area contributed by atoms with Crippen LogP contribution in [-0.4, -0.2) is 62.1 Å². The number of morpholine rings is 1. The summed E-state index contributed by atoms with van der Waals surface area (Å²) in [6, 6.07) is -0.469. The van der Waals surface area contributed by atoms with Crippen LogP contribution in [0.4, 0.5) is 0 Å². The second-order valence-corrected chi connectivity index (χ2v) is 5.62. The van der Waals surface area contributed by atoms with Crippen LogP contribution in [0.3, 0.4) is 0 Å². The van der Waals surface area contributed by atoms with E-state index >= 15 is 0 Å². The van der Waals surface area contributed by atoms with Crippen molar-refractivity contribution in [3.8, 4) is 0 Å². The van der Waals surface area contributed by atoms with Crippen molar-refractivity contribution in [3.63, 3.8) is 0 Å². The van der Waals surface area contributed by atoms with Gasteiger partial charge in [0.05, 0.1) is 18.6 Å². The van der Waals surface area contributed by atoms with Gasteiger partial charge < -0.3 is 20.3 Å². The summed E-state index contributed by atoms with van der Waals surface area (Å²) < 4.78 is 5.22. The van der Waals surface area contributed by atoms with Gasteiger partial charge >= 0.3 is 0 Å². The summed E-state index contributed by atoms with van der Waals surface area (Å²) in [5, 5.41) is 6.04. The molecule has 0 spiro atoms. The summed E-state index contributed by atoms with van der Waals surface area (Å²) in [6.07, 6.45) is 0.817. The zero-order valence-corrected chi connectivity index (χ0v) is 11.7. The molecule has 0 radical (unpaired) electrons. The molecule has 0 bridgehead atoms. The lowest BCUT2D eigenvalue weighted by molar-refractivity contribution is -0.141.